The molecule has 0 fully saturated rings. The quantitative estimate of drug-likeness (QED) is 0.915. The molecule has 1 aromatic carbocycles. The van der Waals surface area contributed by atoms with Crippen molar-refractivity contribution in [1.29, 1.82) is 0 Å². The molecule has 18 heavy (non-hydrogen) atoms. The zero-order valence-electron chi connectivity index (χ0n) is 9.67. The van der Waals surface area contributed by atoms with Gasteiger partial charge in [-0.3, -0.25) is 0 Å². The molecule has 0 spiro atoms. The first-order chi connectivity index (χ1) is 8.74. The van der Waals surface area contributed by atoms with E-state index in [1.54, 1.807) is 29.5 Å². The topological polar surface area (TPSA) is 24.9 Å². The Kier molecular flexibility index (Phi) is 3.33. The Labute approximate surface area is 114 Å². The fourth-order valence-electron chi connectivity index (χ4n) is 2.10. The third-order valence-electron chi connectivity index (χ3n) is 3.02. The van der Waals surface area contributed by atoms with Gasteiger partial charge in [-0.05, 0) is 11.6 Å². The first-order valence-electron chi connectivity index (χ1n) is 5.85. The van der Waals surface area contributed by atoms with Crippen molar-refractivity contribution in [2.45, 2.75) is 19.4 Å². The lowest BCUT2D eigenvalue weighted by Gasteiger charge is -2.09. The number of thiazole rings is 1. The summed E-state index contributed by atoms with van der Waals surface area (Å²) < 4.78 is 13.8. The van der Waals surface area contributed by atoms with Crippen LogP contribution in [0.2, 0.25) is 5.02 Å². The number of nitrogens with zero attached hydrogens (tertiary/aromatic N) is 1. The van der Waals surface area contributed by atoms with Crippen LogP contribution in [0.3, 0.4) is 0 Å². The summed E-state index contributed by atoms with van der Waals surface area (Å²) in [5.41, 5.74) is 1.78. The summed E-state index contributed by atoms with van der Waals surface area (Å²) in [4.78, 5) is 5.86. The predicted molar refractivity (Wildman–Crippen MR) is 71.7 cm³/mol. The van der Waals surface area contributed by atoms with Crippen LogP contribution < -0.4 is 5.32 Å². The molecule has 0 radical (unpaired) electrons. The van der Waals surface area contributed by atoms with Gasteiger partial charge in [0, 0.05) is 30.8 Å². The number of aromatic nitrogens is 1. The predicted octanol–water partition coefficient (Wildman–Crippen LogP) is 3.17. The third-order valence-corrected chi connectivity index (χ3v) is 4.41. The molecule has 0 bridgehead atoms. The van der Waals surface area contributed by atoms with Crippen molar-refractivity contribution in [3.05, 3.63) is 50.2 Å². The lowest BCUT2D eigenvalue weighted by molar-refractivity contribution is 0.613. The zero-order valence-corrected chi connectivity index (χ0v) is 11.2. The fourth-order valence-corrected chi connectivity index (χ4v) is 3.40. The first kappa shape index (κ1) is 12.1. The van der Waals surface area contributed by atoms with Gasteiger partial charge in [0.25, 0.3) is 0 Å². The Morgan fingerprint density at radius 1 is 1.44 bits per heavy atom. The van der Waals surface area contributed by atoms with Crippen LogP contribution in [0.15, 0.2) is 18.2 Å². The SMILES string of the molecule is Fc1c(Cl)cccc1Cc1nc2c(s1)CNCC2. The number of hydrogen-bond acceptors (Lipinski definition) is 3. The molecule has 0 unspecified atom stereocenters. The Balaban J connectivity index is 1.88. The van der Waals surface area contributed by atoms with Gasteiger partial charge in [-0.25, -0.2) is 9.37 Å². The van der Waals surface area contributed by atoms with E-state index in [1.165, 1.54) is 4.88 Å². The smallest absolute Gasteiger partial charge is 0.145 e. The Morgan fingerprint density at radius 2 is 2.33 bits per heavy atom. The fraction of sp³-hybridized carbons (Fsp3) is 0.308. The van der Waals surface area contributed by atoms with Gasteiger partial charge in [0.05, 0.1) is 15.7 Å². The molecule has 0 aliphatic carbocycles. The number of rotatable bonds is 2. The summed E-state index contributed by atoms with van der Waals surface area (Å²) >= 11 is 7.44. The van der Waals surface area contributed by atoms with E-state index in [-0.39, 0.29) is 10.8 Å². The van der Waals surface area contributed by atoms with E-state index >= 15 is 0 Å². The van der Waals surface area contributed by atoms with E-state index in [0.717, 1.165) is 30.2 Å². The van der Waals surface area contributed by atoms with Crippen molar-refractivity contribution in [3.63, 3.8) is 0 Å². The number of hydrogen-bond donors (Lipinski definition) is 1. The van der Waals surface area contributed by atoms with Crippen LogP contribution in [0.25, 0.3) is 0 Å². The van der Waals surface area contributed by atoms with E-state index in [2.05, 4.69) is 10.3 Å². The van der Waals surface area contributed by atoms with Crippen LogP contribution >= 0.6 is 22.9 Å². The third kappa shape index (κ3) is 2.28. The van der Waals surface area contributed by atoms with E-state index in [0.29, 0.717) is 12.0 Å². The molecule has 94 valence electrons. The van der Waals surface area contributed by atoms with Crippen molar-refractivity contribution >= 4 is 22.9 Å². The van der Waals surface area contributed by atoms with E-state index in [4.69, 9.17) is 11.6 Å². The minimum atomic E-state index is -0.328. The summed E-state index contributed by atoms with van der Waals surface area (Å²) in [5.74, 6) is -0.328. The van der Waals surface area contributed by atoms with Crippen LogP contribution in [0, 0.1) is 5.82 Å². The highest BCUT2D eigenvalue weighted by Crippen LogP contribution is 2.26. The molecule has 5 heteroatoms. The van der Waals surface area contributed by atoms with Gasteiger partial charge in [0.2, 0.25) is 0 Å². The molecule has 0 atom stereocenters. The molecule has 1 aliphatic rings. The van der Waals surface area contributed by atoms with Crippen molar-refractivity contribution in [1.82, 2.24) is 10.3 Å². The maximum atomic E-state index is 13.8. The van der Waals surface area contributed by atoms with Crippen LogP contribution in [-0.4, -0.2) is 11.5 Å². The van der Waals surface area contributed by atoms with Crippen LogP contribution in [0.5, 0.6) is 0 Å². The lowest BCUT2D eigenvalue weighted by Crippen LogP contribution is -2.22. The summed E-state index contributed by atoms with van der Waals surface area (Å²) in [5, 5.41) is 4.45. The summed E-state index contributed by atoms with van der Waals surface area (Å²) in [6.07, 6.45) is 1.48. The van der Waals surface area contributed by atoms with Crippen molar-refractivity contribution in [2.75, 3.05) is 6.54 Å². The number of nitrogens with one attached hydrogen (secondary N) is 1. The molecule has 2 heterocycles. The second-order valence-corrected chi connectivity index (χ2v) is 5.87. The average molecular weight is 283 g/mol. The van der Waals surface area contributed by atoms with Gasteiger partial charge in [-0.1, -0.05) is 23.7 Å². The molecule has 1 N–H and O–H groups in total. The van der Waals surface area contributed by atoms with Gasteiger partial charge in [-0.15, -0.1) is 11.3 Å². The van der Waals surface area contributed by atoms with Crippen molar-refractivity contribution in [3.8, 4) is 0 Å². The molecule has 0 saturated carbocycles. The first-order valence-corrected chi connectivity index (χ1v) is 7.04. The Hall–Kier alpha value is -0.970. The Morgan fingerprint density at radius 3 is 3.17 bits per heavy atom. The van der Waals surface area contributed by atoms with Gasteiger partial charge in [0.15, 0.2) is 0 Å². The molecule has 1 aromatic heterocycles. The van der Waals surface area contributed by atoms with E-state index in [9.17, 15) is 4.39 Å². The largest absolute Gasteiger partial charge is 0.311 e. The van der Waals surface area contributed by atoms with Crippen molar-refractivity contribution in [2.24, 2.45) is 0 Å². The normalized spacial score (nSPS) is 14.6. The lowest BCUT2D eigenvalue weighted by atomic mass is 10.1. The van der Waals surface area contributed by atoms with Gasteiger partial charge in [-0.2, -0.15) is 0 Å². The minimum absolute atomic E-state index is 0.176. The van der Waals surface area contributed by atoms with Crippen LogP contribution in [-0.2, 0) is 19.4 Å². The summed E-state index contributed by atoms with van der Waals surface area (Å²) in [7, 11) is 0. The molecule has 2 aromatic rings. The molecule has 0 saturated heterocycles. The Bertz CT molecular complexity index is 559. The zero-order chi connectivity index (χ0) is 12.5. The van der Waals surface area contributed by atoms with Crippen LogP contribution in [0.1, 0.15) is 21.1 Å². The minimum Gasteiger partial charge on any atom is -0.311 e. The number of benzene rings is 1. The summed E-state index contributed by atoms with van der Waals surface area (Å²) in [6.45, 7) is 1.85. The van der Waals surface area contributed by atoms with E-state index in [1.807, 2.05) is 0 Å². The second-order valence-electron chi connectivity index (χ2n) is 4.29. The average Bonchev–Trinajstić information content (AvgIpc) is 2.77. The number of halogens is 2. The van der Waals surface area contributed by atoms with Gasteiger partial charge in [0.1, 0.15) is 5.82 Å². The maximum Gasteiger partial charge on any atom is 0.145 e. The standard InChI is InChI=1S/C13H12ClFN2S/c14-9-3-1-2-8(13(9)15)6-12-17-10-4-5-16-7-11(10)18-12/h1-3,16H,4-7H2. The van der Waals surface area contributed by atoms with Crippen LogP contribution in [0.4, 0.5) is 4.39 Å². The van der Waals surface area contributed by atoms with Crippen molar-refractivity contribution < 1.29 is 4.39 Å². The molecule has 1 aliphatic heterocycles. The van der Waals surface area contributed by atoms with Gasteiger partial charge < -0.3 is 5.32 Å². The molecule has 2 nitrogen and oxygen atoms in total. The van der Waals surface area contributed by atoms with Gasteiger partial charge >= 0.3 is 0 Å². The highest BCUT2D eigenvalue weighted by atomic mass is 35.5. The number of fused-ring (bicyclic) bond motifs is 1. The highest BCUT2D eigenvalue weighted by molar-refractivity contribution is 7.11. The molecule has 0 amide bonds. The van der Waals surface area contributed by atoms with E-state index < -0.39 is 0 Å². The molecular weight excluding hydrogens is 271 g/mol. The maximum absolute atomic E-state index is 13.8. The molecular formula is C13H12ClFN2S. The monoisotopic (exact) mass is 282 g/mol. The summed E-state index contributed by atoms with van der Waals surface area (Å²) in [6, 6.07) is 5.10. The highest BCUT2D eigenvalue weighted by Gasteiger charge is 2.16. The molecule has 3 rings (SSSR count). The second kappa shape index (κ2) is 4.96.